The van der Waals surface area contributed by atoms with Crippen LogP contribution in [0.25, 0.3) is 0 Å². The molecule has 0 aliphatic carbocycles. The van der Waals surface area contributed by atoms with Gasteiger partial charge in [0.1, 0.15) is 10.3 Å². The fourth-order valence-corrected chi connectivity index (χ4v) is 5.70. The van der Waals surface area contributed by atoms with Crippen molar-refractivity contribution in [1.82, 2.24) is 9.21 Å². The number of aryl methyl sites for hydroxylation is 1. The molecule has 0 bridgehead atoms. The molecule has 21 heavy (non-hydrogen) atoms. The molecule has 0 radical (unpaired) electrons. The van der Waals surface area contributed by atoms with Crippen molar-refractivity contribution >= 4 is 27.3 Å². The van der Waals surface area contributed by atoms with Crippen LogP contribution in [-0.4, -0.2) is 49.7 Å². The van der Waals surface area contributed by atoms with Gasteiger partial charge in [-0.05, 0) is 30.4 Å². The number of sulfonamides is 1. The van der Waals surface area contributed by atoms with Crippen molar-refractivity contribution in [1.29, 1.82) is 0 Å². The van der Waals surface area contributed by atoms with Gasteiger partial charge >= 0.3 is 0 Å². The summed E-state index contributed by atoms with van der Waals surface area (Å²) in [7, 11) is -1.84. The molecule has 0 N–H and O–H groups in total. The number of hydrogen-bond acceptors (Lipinski definition) is 4. The van der Waals surface area contributed by atoms with Gasteiger partial charge in [-0.1, -0.05) is 19.8 Å². The highest BCUT2D eigenvalue weighted by molar-refractivity contribution is 7.91. The number of carbonyl (C=O) groups excluding carboxylic acids is 1. The quantitative estimate of drug-likeness (QED) is 0.830. The van der Waals surface area contributed by atoms with E-state index in [1.54, 1.807) is 30.3 Å². The Kier molecular flexibility index (Phi) is 5.06. The Balaban J connectivity index is 2.35. The van der Waals surface area contributed by atoms with Crippen LogP contribution in [0, 0.1) is 6.92 Å². The number of carbonyl (C=O) groups is 1. The average Bonchev–Trinajstić information content (AvgIpc) is 2.87. The van der Waals surface area contributed by atoms with E-state index in [0.717, 1.165) is 18.4 Å². The zero-order valence-corrected chi connectivity index (χ0v) is 14.3. The predicted molar refractivity (Wildman–Crippen MR) is 83.9 cm³/mol. The molecule has 0 aromatic carbocycles. The lowest BCUT2D eigenvalue weighted by Gasteiger charge is -2.38. The van der Waals surface area contributed by atoms with Crippen molar-refractivity contribution in [2.75, 3.05) is 20.1 Å². The summed E-state index contributed by atoms with van der Waals surface area (Å²) in [6.45, 7) is 4.66. The Morgan fingerprint density at radius 2 is 2.10 bits per heavy atom. The van der Waals surface area contributed by atoms with Gasteiger partial charge in [0.15, 0.2) is 0 Å². The SMILES string of the molecule is CCCC[C@H]1C(=O)N(C)CCN1S(=O)(=O)c1sccc1C. The van der Waals surface area contributed by atoms with E-state index in [4.69, 9.17) is 0 Å². The Morgan fingerprint density at radius 1 is 1.38 bits per heavy atom. The van der Waals surface area contributed by atoms with E-state index in [-0.39, 0.29) is 5.91 Å². The fourth-order valence-electron chi connectivity index (χ4n) is 2.57. The highest BCUT2D eigenvalue weighted by Gasteiger charge is 2.40. The first-order valence-electron chi connectivity index (χ1n) is 7.20. The lowest BCUT2D eigenvalue weighted by atomic mass is 10.1. The molecule has 1 aromatic rings. The molecule has 2 heterocycles. The van der Waals surface area contributed by atoms with Gasteiger partial charge in [0.25, 0.3) is 10.0 Å². The molecule has 1 saturated heterocycles. The molecule has 1 aliphatic rings. The molecule has 1 aromatic heterocycles. The molecule has 2 rings (SSSR count). The first-order chi connectivity index (χ1) is 9.89. The van der Waals surface area contributed by atoms with Gasteiger partial charge in [-0.2, -0.15) is 4.31 Å². The number of rotatable bonds is 5. The number of thiophene rings is 1. The van der Waals surface area contributed by atoms with Crippen LogP contribution in [0.2, 0.25) is 0 Å². The molecule has 7 heteroatoms. The maximum absolute atomic E-state index is 12.9. The average molecular weight is 330 g/mol. The van der Waals surface area contributed by atoms with Gasteiger partial charge in [-0.25, -0.2) is 8.42 Å². The van der Waals surface area contributed by atoms with E-state index >= 15 is 0 Å². The van der Waals surface area contributed by atoms with Gasteiger partial charge in [0.05, 0.1) is 0 Å². The monoisotopic (exact) mass is 330 g/mol. The number of amides is 1. The Labute approximate surface area is 130 Å². The van der Waals surface area contributed by atoms with Gasteiger partial charge in [-0.3, -0.25) is 4.79 Å². The minimum atomic E-state index is -3.58. The standard InChI is InChI=1S/C14H22N2O3S2/c1-4-5-6-12-13(17)15(3)8-9-16(12)21(18,19)14-11(2)7-10-20-14/h7,10,12H,4-6,8-9H2,1-3H3/t12-/m0/s1. The second kappa shape index (κ2) is 6.46. The molecule has 1 aliphatic heterocycles. The van der Waals surface area contributed by atoms with E-state index < -0.39 is 16.1 Å². The number of unbranched alkanes of at least 4 members (excludes halogenated alkanes) is 1. The molecular formula is C14H22N2O3S2. The van der Waals surface area contributed by atoms with E-state index in [2.05, 4.69) is 0 Å². The third-order valence-corrected chi connectivity index (χ3v) is 7.43. The number of hydrogen-bond donors (Lipinski definition) is 0. The van der Waals surface area contributed by atoms with E-state index in [1.807, 2.05) is 6.92 Å². The van der Waals surface area contributed by atoms with Crippen molar-refractivity contribution in [3.63, 3.8) is 0 Å². The van der Waals surface area contributed by atoms with Gasteiger partial charge in [0, 0.05) is 20.1 Å². The second-order valence-corrected chi connectivity index (χ2v) is 8.43. The lowest BCUT2D eigenvalue weighted by Crippen LogP contribution is -2.57. The molecule has 0 unspecified atom stereocenters. The largest absolute Gasteiger partial charge is 0.343 e. The lowest BCUT2D eigenvalue weighted by molar-refractivity contribution is -0.137. The van der Waals surface area contributed by atoms with Crippen LogP contribution in [0.1, 0.15) is 31.7 Å². The van der Waals surface area contributed by atoms with Crippen molar-refractivity contribution in [3.05, 3.63) is 17.0 Å². The van der Waals surface area contributed by atoms with Crippen molar-refractivity contribution in [3.8, 4) is 0 Å². The van der Waals surface area contributed by atoms with Gasteiger partial charge in [0.2, 0.25) is 5.91 Å². The molecule has 5 nitrogen and oxygen atoms in total. The summed E-state index contributed by atoms with van der Waals surface area (Å²) in [5, 5.41) is 1.78. The van der Waals surface area contributed by atoms with Crippen LogP contribution in [-0.2, 0) is 14.8 Å². The Morgan fingerprint density at radius 3 is 2.67 bits per heavy atom. The highest BCUT2D eigenvalue weighted by atomic mass is 32.2. The van der Waals surface area contributed by atoms with Crippen LogP contribution in [0.5, 0.6) is 0 Å². The molecule has 0 spiro atoms. The Hall–Kier alpha value is -0.920. The highest BCUT2D eigenvalue weighted by Crippen LogP contribution is 2.29. The summed E-state index contributed by atoms with van der Waals surface area (Å²) < 4.78 is 27.5. The zero-order valence-electron chi connectivity index (χ0n) is 12.7. The third-order valence-electron chi connectivity index (χ3n) is 3.85. The summed E-state index contributed by atoms with van der Waals surface area (Å²) in [5.74, 6) is -0.0903. The number of likely N-dealkylation sites (N-methyl/N-ethyl adjacent to an activating group) is 1. The topological polar surface area (TPSA) is 57.7 Å². The predicted octanol–water partition coefficient (Wildman–Crippen LogP) is 2.08. The first-order valence-corrected chi connectivity index (χ1v) is 9.52. The maximum Gasteiger partial charge on any atom is 0.253 e. The normalized spacial score (nSPS) is 21.0. The number of piperazine rings is 1. The van der Waals surface area contributed by atoms with E-state index in [0.29, 0.717) is 23.7 Å². The summed E-state index contributed by atoms with van der Waals surface area (Å²) in [4.78, 5) is 14.0. The van der Waals surface area contributed by atoms with Crippen LogP contribution in [0.3, 0.4) is 0 Å². The maximum atomic E-state index is 12.9. The summed E-state index contributed by atoms with van der Waals surface area (Å²) in [5.41, 5.74) is 0.751. The molecule has 0 saturated carbocycles. The van der Waals surface area contributed by atoms with E-state index in [9.17, 15) is 13.2 Å². The molecule has 118 valence electrons. The van der Waals surface area contributed by atoms with E-state index in [1.165, 1.54) is 15.6 Å². The van der Waals surface area contributed by atoms with Crippen molar-refractivity contribution in [2.45, 2.75) is 43.4 Å². The van der Waals surface area contributed by atoms with Gasteiger partial charge in [-0.15, -0.1) is 11.3 Å². The van der Waals surface area contributed by atoms with Crippen LogP contribution in [0.15, 0.2) is 15.7 Å². The minimum Gasteiger partial charge on any atom is -0.343 e. The fraction of sp³-hybridized carbons (Fsp3) is 0.643. The molecule has 1 atom stereocenters. The third kappa shape index (κ3) is 3.14. The molecule has 1 fully saturated rings. The molecule has 1 amide bonds. The molecular weight excluding hydrogens is 308 g/mol. The van der Waals surface area contributed by atoms with Crippen LogP contribution in [0.4, 0.5) is 0 Å². The summed E-state index contributed by atoms with van der Waals surface area (Å²) in [6, 6.07) is 1.24. The summed E-state index contributed by atoms with van der Waals surface area (Å²) in [6.07, 6.45) is 2.38. The first kappa shape index (κ1) is 16.5. The number of nitrogens with zero attached hydrogens (tertiary/aromatic N) is 2. The van der Waals surface area contributed by atoms with Crippen LogP contribution >= 0.6 is 11.3 Å². The smallest absolute Gasteiger partial charge is 0.253 e. The van der Waals surface area contributed by atoms with Crippen LogP contribution < -0.4 is 0 Å². The summed E-state index contributed by atoms with van der Waals surface area (Å²) >= 11 is 1.22. The van der Waals surface area contributed by atoms with Crippen molar-refractivity contribution < 1.29 is 13.2 Å². The minimum absolute atomic E-state index is 0.0903. The zero-order chi connectivity index (χ0) is 15.6. The van der Waals surface area contributed by atoms with Crippen molar-refractivity contribution in [2.24, 2.45) is 0 Å². The Bertz CT molecular complexity index is 609. The second-order valence-electron chi connectivity index (χ2n) is 5.42. The van der Waals surface area contributed by atoms with Gasteiger partial charge < -0.3 is 4.90 Å².